The fourth-order valence-corrected chi connectivity index (χ4v) is 4.06. The fraction of sp³-hybridized carbons (Fsp3) is 0.889. The third-order valence-corrected chi connectivity index (χ3v) is 5.42. The zero-order valence-corrected chi connectivity index (χ0v) is 15.4. The molecule has 1 saturated carbocycles. The van der Waals surface area contributed by atoms with Crippen molar-refractivity contribution in [3.8, 4) is 0 Å². The molecule has 0 spiro atoms. The molecule has 2 rings (SSSR count). The van der Waals surface area contributed by atoms with Gasteiger partial charge in [-0.1, -0.05) is 26.2 Å². The van der Waals surface area contributed by atoms with Gasteiger partial charge in [-0.2, -0.15) is 0 Å². The van der Waals surface area contributed by atoms with Crippen LogP contribution in [0, 0.1) is 11.8 Å². The predicted octanol–water partition coefficient (Wildman–Crippen LogP) is 1.32. The number of rotatable bonds is 6. The Morgan fingerprint density at radius 3 is 2.62 bits per heavy atom. The first-order valence-electron chi connectivity index (χ1n) is 9.54. The van der Waals surface area contributed by atoms with Crippen molar-refractivity contribution in [2.75, 3.05) is 33.2 Å². The molecule has 0 radical (unpaired) electrons. The van der Waals surface area contributed by atoms with E-state index in [9.17, 15) is 4.79 Å². The number of nitrogens with zero attached hydrogens (tertiary/aromatic N) is 2. The fourth-order valence-electron chi connectivity index (χ4n) is 4.06. The van der Waals surface area contributed by atoms with E-state index in [2.05, 4.69) is 27.4 Å². The van der Waals surface area contributed by atoms with Gasteiger partial charge in [-0.05, 0) is 37.5 Å². The maximum Gasteiger partial charge on any atom is 0.231 e. The molecule has 138 valence electrons. The van der Waals surface area contributed by atoms with Gasteiger partial charge in [0.25, 0.3) is 0 Å². The number of guanidine groups is 1. The Morgan fingerprint density at radius 1 is 1.25 bits per heavy atom. The van der Waals surface area contributed by atoms with E-state index >= 15 is 0 Å². The molecule has 2 unspecified atom stereocenters. The Morgan fingerprint density at radius 2 is 2.00 bits per heavy atom. The topological polar surface area (TPSA) is 82.8 Å². The number of hydrogen-bond donors (Lipinski definition) is 3. The van der Waals surface area contributed by atoms with Crippen molar-refractivity contribution in [3.05, 3.63) is 0 Å². The van der Waals surface area contributed by atoms with Gasteiger partial charge in [0.15, 0.2) is 5.96 Å². The molecule has 0 bridgehead atoms. The van der Waals surface area contributed by atoms with Gasteiger partial charge in [0.1, 0.15) is 0 Å². The van der Waals surface area contributed by atoms with Crippen molar-refractivity contribution in [1.29, 1.82) is 0 Å². The van der Waals surface area contributed by atoms with Crippen LogP contribution in [0.3, 0.4) is 0 Å². The lowest BCUT2D eigenvalue weighted by Gasteiger charge is -2.32. The van der Waals surface area contributed by atoms with Gasteiger partial charge in [0.05, 0.1) is 6.54 Å². The van der Waals surface area contributed by atoms with Crippen LogP contribution in [0.1, 0.15) is 51.9 Å². The van der Waals surface area contributed by atoms with Crippen molar-refractivity contribution < 1.29 is 4.79 Å². The SMILES string of the molecule is CN=C(NCCC1CCCC(C)C1)NC1CCN(CC(N)=O)CC1. The number of piperidine rings is 1. The molecular formula is C18H35N5O. The standard InChI is InChI=1S/C18H35N5O/c1-14-4-3-5-15(12-14)6-9-21-18(20-2)22-16-7-10-23(11-8-16)13-17(19)24/h14-16H,3-13H2,1-2H3,(H2,19,24)(H2,20,21,22). The lowest BCUT2D eigenvalue weighted by atomic mass is 9.81. The average molecular weight is 338 g/mol. The largest absolute Gasteiger partial charge is 0.369 e. The van der Waals surface area contributed by atoms with Crippen LogP contribution < -0.4 is 16.4 Å². The summed E-state index contributed by atoms with van der Waals surface area (Å²) in [4.78, 5) is 17.5. The van der Waals surface area contributed by atoms with Crippen molar-refractivity contribution in [2.24, 2.45) is 22.6 Å². The molecule has 1 saturated heterocycles. The number of amides is 1. The van der Waals surface area contributed by atoms with Crippen molar-refractivity contribution in [2.45, 2.75) is 57.9 Å². The Bertz CT molecular complexity index is 418. The second-order valence-corrected chi connectivity index (χ2v) is 7.59. The highest BCUT2D eigenvalue weighted by molar-refractivity contribution is 5.80. The Hall–Kier alpha value is -1.30. The number of nitrogens with one attached hydrogen (secondary N) is 2. The number of hydrogen-bond acceptors (Lipinski definition) is 3. The molecule has 2 aliphatic rings. The number of nitrogens with two attached hydrogens (primary N) is 1. The molecule has 1 aliphatic heterocycles. The van der Waals surface area contributed by atoms with Crippen LogP contribution >= 0.6 is 0 Å². The molecule has 6 heteroatoms. The third kappa shape index (κ3) is 6.67. The number of primary amides is 1. The quantitative estimate of drug-likeness (QED) is 0.504. The van der Waals surface area contributed by atoms with Crippen molar-refractivity contribution in [3.63, 3.8) is 0 Å². The Balaban J connectivity index is 1.63. The van der Waals surface area contributed by atoms with E-state index in [4.69, 9.17) is 5.73 Å². The van der Waals surface area contributed by atoms with E-state index in [1.807, 2.05) is 7.05 Å². The number of carbonyl (C=O) groups is 1. The first-order valence-corrected chi connectivity index (χ1v) is 9.54. The van der Waals surface area contributed by atoms with Gasteiger partial charge >= 0.3 is 0 Å². The molecule has 4 N–H and O–H groups in total. The van der Waals surface area contributed by atoms with Gasteiger partial charge < -0.3 is 16.4 Å². The number of aliphatic imine (C=N–C) groups is 1. The van der Waals surface area contributed by atoms with Gasteiger partial charge in [0.2, 0.25) is 5.91 Å². The van der Waals surface area contributed by atoms with E-state index in [0.29, 0.717) is 12.6 Å². The molecular weight excluding hydrogens is 302 g/mol. The summed E-state index contributed by atoms with van der Waals surface area (Å²) in [7, 11) is 1.83. The van der Waals surface area contributed by atoms with E-state index < -0.39 is 0 Å². The minimum absolute atomic E-state index is 0.240. The minimum Gasteiger partial charge on any atom is -0.369 e. The lowest BCUT2D eigenvalue weighted by molar-refractivity contribution is -0.119. The summed E-state index contributed by atoms with van der Waals surface area (Å²) in [6, 6.07) is 0.426. The minimum atomic E-state index is -0.240. The van der Waals surface area contributed by atoms with E-state index in [0.717, 1.165) is 50.3 Å². The molecule has 1 amide bonds. The highest BCUT2D eigenvalue weighted by Gasteiger charge is 2.21. The van der Waals surface area contributed by atoms with Crippen LogP contribution in [0.25, 0.3) is 0 Å². The van der Waals surface area contributed by atoms with E-state index in [1.165, 1.54) is 32.1 Å². The highest BCUT2D eigenvalue weighted by Crippen LogP contribution is 2.30. The second-order valence-electron chi connectivity index (χ2n) is 7.59. The zero-order valence-electron chi connectivity index (χ0n) is 15.4. The van der Waals surface area contributed by atoms with Crippen LogP contribution in [-0.2, 0) is 4.79 Å². The van der Waals surface area contributed by atoms with E-state index in [1.54, 1.807) is 0 Å². The molecule has 1 heterocycles. The van der Waals surface area contributed by atoms with Crippen LogP contribution in [-0.4, -0.2) is 56.0 Å². The molecule has 6 nitrogen and oxygen atoms in total. The predicted molar refractivity (Wildman–Crippen MR) is 98.9 cm³/mol. The van der Waals surface area contributed by atoms with Gasteiger partial charge in [0, 0.05) is 32.7 Å². The zero-order chi connectivity index (χ0) is 17.4. The van der Waals surface area contributed by atoms with Gasteiger partial charge in [-0.15, -0.1) is 0 Å². The summed E-state index contributed by atoms with van der Waals surface area (Å²) in [5.41, 5.74) is 5.26. The van der Waals surface area contributed by atoms with Crippen LogP contribution in [0.4, 0.5) is 0 Å². The molecule has 1 aliphatic carbocycles. The monoisotopic (exact) mass is 337 g/mol. The molecule has 2 atom stereocenters. The molecule has 24 heavy (non-hydrogen) atoms. The maximum absolute atomic E-state index is 11.0. The summed E-state index contributed by atoms with van der Waals surface area (Å²) < 4.78 is 0. The first kappa shape index (κ1) is 19.0. The summed E-state index contributed by atoms with van der Waals surface area (Å²) in [6.45, 7) is 5.58. The number of likely N-dealkylation sites (tertiary alicyclic amines) is 1. The highest BCUT2D eigenvalue weighted by atomic mass is 16.1. The first-order chi connectivity index (χ1) is 11.6. The average Bonchev–Trinajstić information content (AvgIpc) is 2.55. The summed E-state index contributed by atoms with van der Waals surface area (Å²) in [6.07, 6.45) is 8.84. The van der Waals surface area contributed by atoms with Gasteiger partial charge in [-0.3, -0.25) is 14.7 Å². The number of carbonyl (C=O) groups excluding carboxylic acids is 1. The van der Waals surface area contributed by atoms with Crippen molar-refractivity contribution in [1.82, 2.24) is 15.5 Å². The summed E-state index contributed by atoms with van der Waals surface area (Å²) in [5.74, 6) is 2.44. The second kappa shape index (κ2) is 9.87. The van der Waals surface area contributed by atoms with Crippen LogP contribution in [0.15, 0.2) is 4.99 Å². The third-order valence-electron chi connectivity index (χ3n) is 5.42. The maximum atomic E-state index is 11.0. The Labute approximate surface area is 146 Å². The smallest absolute Gasteiger partial charge is 0.231 e. The Kier molecular flexibility index (Phi) is 7.82. The van der Waals surface area contributed by atoms with E-state index in [-0.39, 0.29) is 5.91 Å². The van der Waals surface area contributed by atoms with Crippen molar-refractivity contribution >= 4 is 11.9 Å². The van der Waals surface area contributed by atoms with Crippen LogP contribution in [0.2, 0.25) is 0 Å². The summed E-state index contributed by atoms with van der Waals surface area (Å²) in [5, 5.41) is 7.00. The molecule has 2 fully saturated rings. The summed E-state index contributed by atoms with van der Waals surface area (Å²) >= 11 is 0. The molecule has 0 aromatic heterocycles. The lowest BCUT2D eigenvalue weighted by Crippen LogP contribution is -2.50. The normalized spacial score (nSPS) is 27.0. The molecule has 0 aromatic rings. The molecule has 0 aromatic carbocycles. The van der Waals surface area contributed by atoms with Gasteiger partial charge in [-0.25, -0.2) is 0 Å². The van der Waals surface area contributed by atoms with Crippen LogP contribution in [0.5, 0.6) is 0 Å².